The molecule has 0 bridgehead atoms. The number of aromatic nitrogens is 1. The minimum Gasteiger partial charge on any atom is -0.494 e. The second-order valence-corrected chi connectivity index (χ2v) is 8.57. The number of amides is 1. The van der Waals surface area contributed by atoms with Gasteiger partial charge in [0.25, 0.3) is 5.91 Å². The van der Waals surface area contributed by atoms with E-state index in [9.17, 15) is 4.79 Å². The molecule has 1 heterocycles. The lowest BCUT2D eigenvalue weighted by Gasteiger charge is -2.13. The lowest BCUT2D eigenvalue weighted by Crippen LogP contribution is -2.11. The molecule has 0 spiro atoms. The van der Waals surface area contributed by atoms with Gasteiger partial charge in [-0.15, -0.1) is 11.3 Å². The third-order valence-corrected chi connectivity index (χ3v) is 5.81. The van der Waals surface area contributed by atoms with E-state index in [1.165, 1.54) is 11.3 Å². The lowest BCUT2D eigenvalue weighted by molar-refractivity contribution is 0.102. The van der Waals surface area contributed by atoms with Gasteiger partial charge in [-0.25, -0.2) is 4.98 Å². The van der Waals surface area contributed by atoms with Gasteiger partial charge < -0.3 is 9.47 Å². The number of hydrogen-bond acceptors (Lipinski definition) is 5. The van der Waals surface area contributed by atoms with E-state index in [0.717, 1.165) is 46.1 Å². The van der Waals surface area contributed by atoms with Crippen LogP contribution >= 0.6 is 11.3 Å². The molecule has 0 saturated heterocycles. The molecule has 4 aromatic rings. The van der Waals surface area contributed by atoms with Crippen molar-refractivity contribution in [2.75, 3.05) is 11.9 Å². The molecule has 0 radical (unpaired) electrons. The molecule has 0 fully saturated rings. The van der Waals surface area contributed by atoms with Crippen molar-refractivity contribution in [2.45, 2.75) is 27.2 Å². The van der Waals surface area contributed by atoms with Crippen molar-refractivity contribution in [3.8, 4) is 28.5 Å². The Morgan fingerprint density at radius 3 is 2.27 bits per heavy atom. The molecule has 33 heavy (non-hydrogen) atoms. The Hall–Kier alpha value is -3.64. The van der Waals surface area contributed by atoms with Crippen molar-refractivity contribution in [3.63, 3.8) is 0 Å². The monoisotopic (exact) mass is 458 g/mol. The molecule has 1 N–H and O–H groups in total. The summed E-state index contributed by atoms with van der Waals surface area (Å²) in [6, 6.07) is 20.8. The quantitative estimate of drug-likeness (QED) is 0.302. The fourth-order valence-corrected chi connectivity index (χ4v) is 4.25. The predicted octanol–water partition coefficient (Wildman–Crippen LogP) is 7.26. The second kappa shape index (κ2) is 10.3. The fourth-order valence-electron chi connectivity index (χ4n) is 3.55. The van der Waals surface area contributed by atoms with Gasteiger partial charge in [-0.3, -0.25) is 10.1 Å². The predicted molar refractivity (Wildman–Crippen MR) is 134 cm³/mol. The van der Waals surface area contributed by atoms with Crippen LogP contribution < -0.4 is 14.8 Å². The number of benzene rings is 3. The van der Waals surface area contributed by atoms with Crippen molar-refractivity contribution >= 4 is 22.4 Å². The summed E-state index contributed by atoms with van der Waals surface area (Å²) in [4.78, 5) is 17.1. The Kier molecular flexibility index (Phi) is 7.05. The summed E-state index contributed by atoms with van der Waals surface area (Å²) in [6.07, 6.45) is 0.975. The molecule has 168 valence electrons. The summed E-state index contributed by atoms with van der Waals surface area (Å²) >= 11 is 1.41. The molecule has 5 nitrogen and oxygen atoms in total. The first-order valence-corrected chi connectivity index (χ1v) is 11.8. The molecule has 4 rings (SSSR count). The molecule has 0 atom stereocenters. The van der Waals surface area contributed by atoms with Gasteiger partial charge in [0, 0.05) is 16.5 Å². The van der Waals surface area contributed by atoms with E-state index in [2.05, 4.69) is 17.2 Å². The summed E-state index contributed by atoms with van der Waals surface area (Å²) in [7, 11) is 0. The van der Waals surface area contributed by atoms with E-state index in [-0.39, 0.29) is 5.91 Å². The standard InChI is InChI=1S/C27H26N2O3S/c1-4-14-31-21-10-12-22(13-11-21)32-23-15-18(2)25(19(3)16-23)24-17-33-27(28-24)29-26(30)20-8-6-5-7-9-20/h5-13,15-17H,4,14H2,1-3H3,(H,28,29,30). The van der Waals surface area contributed by atoms with Crippen LogP contribution in [-0.2, 0) is 0 Å². The summed E-state index contributed by atoms with van der Waals surface area (Å²) in [5, 5.41) is 5.42. The zero-order valence-corrected chi connectivity index (χ0v) is 19.7. The highest BCUT2D eigenvalue weighted by Crippen LogP contribution is 2.34. The SMILES string of the molecule is CCCOc1ccc(Oc2cc(C)c(-c3csc(NC(=O)c4ccccc4)n3)c(C)c2)cc1. The van der Waals surface area contributed by atoms with E-state index in [0.29, 0.717) is 17.3 Å². The Morgan fingerprint density at radius 1 is 0.939 bits per heavy atom. The first-order chi connectivity index (χ1) is 16.0. The van der Waals surface area contributed by atoms with Crippen molar-refractivity contribution in [3.05, 3.63) is 88.8 Å². The topological polar surface area (TPSA) is 60.5 Å². The van der Waals surface area contributed by atoms with Crippen LogP contribution in [0, 0.1) is 13.8 Å². The number of rotatable bonds is 8. The maximum Gasteiger partial charge on any atom is 0.257 e. The Morgan fingerprint density at radius 2 is 1.61 bits per heavy atom. The lowest BCUT2D eigenvalue weighted by atomic mass is 10.0. The smallest absolute Gasteiger partial charge is 0.257 e. The van der Waals surface area contributed by atoms with E-state index in [1.807, 2.05) is 73.8 Å². The van der Waals surface area contributed by atoms with Gasteiger partial charge in [0.1, 0.15) is 17.2 Å². The highest BCUT2D eigenvalue weighted by molar-refractivity contribution is 7.14. The van der Waals surface area contributed by atoms with Crippen LogP contribution in [0.5, 0.6) is 17.2 Å². The normalized spacial score (nSPS) is 10.6. The van der Waals surface area contributed by atoms with Crippen LogP contribution in [-0.4, -0.2) is 17.5 Å². The number of nitrogens with one attached hydrogen (secondary N) is 1. The summed E-state index contributed by atoms with van der Waals surface area (Å²) in [6.45, 7) is 6.87. The van der Waals surface area contributed by atoms with Crippen LogP contribution in [0.1, 0.15) is 34.8 Å². The average Bonchev–Trinajstić information content (AvgIpc) is 3.26. The third-order valence-electron chi connectivity index (χ3n) is 5.06. The molecular formula is C27H26N2O3S. The fraction of sp³-hybridized carbons (Fsp3) is 0.185. The van der Waals surface area contributed by atoms with E-state index in [4.69, 9.17) is 9.47 Å². The Bertz CT molecular complexity index is 1210. The van der Waals surface area contributed by atoms with Gasteiger partial charge in [0.15, 0.2) is 5.13 Å². The maximum absolute atomic E-state index is 12.4. The van der Waals surface area contributed by atoms with Crippen LogP contribution in [0.2, 0.25) is 0 Å². The zero-order chi connectivity index (χ0) is 23.2. The van der Waals surface area contributed by atoms with Gasteiger partial charge >= 0.3 is 0 Å². The number of ether oxygens (including phenoxy) is 2. The van der Waals surface area contributed by atoms with E-state index in [1.54, 1.807) is 12.1 Å². The molecule has 6 heteroatoms. The maximum atomic E-state index is 12.4. The van der Waals surface area contributed by atoms with Crippen LogP contribution in [0.4, 0.5) is 5.13 Å². The highest BCUT2D eigenvalue weighted by Gasteiger charge is 2.14. The number of thiazole rings is 1. The molecule has 3 aromatic carbocycles. The third kappa shape index (κ3) is 5.59. The van der Waals surface area contributed by atoms with Crippen molar-refractivity contribution in [2.24, 2.45) is 0 Å². The molecule has 0 unspecified atom stereocenters. The zero-order valence-electron chi connectivity index (χ0n) is 18.9. The average molecular weight is 459 g/mol. The Balaban J connectivity index is 1.48. The van der Waals surface area contributed by atoms with Crippen molar-refractivity contribution in [1.82, 2.24) is 4.98 Å². The number of aryl methyl sites for hydroxylation is 2. The summed E-state index contributed by atoms with van der Waals surface area (Å²) < 4.78 is 11.7. The van der Waals surface area contributed by atoms with E-state index >= 15 is 0 Å². The van der Waals surface area contributed by atoms with Gasteiger partial charge in [-0.05, 0) is 79.9 Å². The number of anilines is 1. The summed E-state index contributed by atoms with van der Waals surface area (Å²) in [5.74, 6) is 2.19. The molecule has 1 aromatic heterocycles. The van der Waals surface area contributed by atoms with Gasteiger partial charge in [0.05, 0.1) is 12.3 Å². The van der Waals surface area contributed by atoms with E-state index < -0.39 is 0 Å². The molecule has 0 aliphatic heterocycles. The molecular weight excluding hydrogens is 432 g/mol. The van der Waals surface area contributed by atoms with Gasteiger partial charge in [-0.1, -0.05) is 25.1 Å². The number of carbonyl (C=O) groups is 1. The second-order valence-electron chi connectivity index (χ2n) is 7.71. The van der Waals surface area contributed by atoms with Crippen LogP contribution in [0.3, 0.4) is 0 Å². The molecule has 0 aliphatic carbocycles. The highest BCUT2D eigenvalue weighted by atomic mass is 32.1. The minimum atomic E-state index is -0.167. The molecule has 1 amide bonds. The van der Waals surface area contributed by atoms with Gasteiger partial charge in [0.2, 0.25) is 0 Å². The van der Waals surface area contributed by atoms with Crippen molar-refractivity contribution in [1.29, 1.82) is 0 Å². The number of carbonyl (C=O) groups excluding carboxylic acids is 1. The number of hydrogen-bond donors (Lipinski definition) is 1. The Labute approximate surface area is 198 Å². The number of nitrogens with zero attached hydrogens (tertiary/aromatic N) is 1. The summed E-state index contributed by atoms with van der Waals surface area (Å²) in [5.41, 5.74) is 4.59. The minimum absolute atomic E-state index is 0.167. The van der Waals surface area contributed by atoms with Gasteiger partial charge in [-0.2, -0.15) is 0 Å². The van der Waals surface area contributed by atoms with Crippen molar-refractivity contribution < 1.29 is 14.3 Å². The largest absolute Gasteiger partial charge is 0.494 e. The first kappa shape index (κ1) is 22.6. The molecule has 0 saturated carbocycles. The first-order valence-electron chi connectivity index (χ1n) is 10.9. The van der Waals surface area contributed by atoms with Crippen LogP contribution in [0.25, 0.3) is 11.3 Å². The molecule has 0 aliphatic rings. The van der Waals surface area contributed by atoms with Crippen LogP contribution in [0.15, 0.2) is 72.1 Å².